The van der Waals surface area contributed by atoms with Crippen molar-refractivity contribution in [3.8, 4) is 0 Å². The number of hydrogen-bond acceptors (Lipinski definition) is 1. The molecular formula is C7H15N. The second-order valence-corrected chi connectivity index (χ2v) is 2.72. The summed E-state index contributed by atoms with van der Waals surface area (Å²) >= 11 is 0. The van der Waals surface area contributed by atoms with E-state index in [4.69, 9.17) is 0 Å². The SMILES string of the molecule is CCC1CC1CNC. The first-order valence-corrected chi connectivity index (χ1v) is 3.53. The topological polar surface area (TPSA) is 12.0 Å². The van der Waals surface area contributed by atoms with Gasteiger partial charge in [0.2, 0.25) is 0 Å². The summed E-state index contributed by atoms with van der Waals surface area (Å²) in [6.45, 7) is 3.51. The van der Waals surface area contributed by atoms with Gasteiger partial charge in [-0.25, -0.2) is 0 Å². The predicted octanol–water partition coefficient (Wildman–Crippen LogP) is 1.25. The zero-order chi connectivity index (χ0) is 5.98. The number of nitrogens with one attached hydrogen (secondary N) is 1. The highest BCUT2D eigenvalue weighted by molar-refractivity contribution is 4.85. The van der Waals surface area contributed by atoms with Crippen molar-refractivity contribution < 1.29 is 0 Å². The second-order valence-electron chi connectivity index (χ2n) is 2.72. The normalized spacial score (nSPS) is 35.2. The molecule has 1 fully saturated rings. The van der Waals surface area contributed by atoms with Crippen molar-refractivity contribution in [1.29, 1.82) is 0 Å². The van der Waals surface area contributed by atoms with E-state index < -0.39 is 0 Å². The average molecular weight is 113 g/mol. The van der Waals surface area contributed by atoms with Gasteiger partial charge in [0.05, 0.1) is 0 Å². The van der Waals surface area contributed by atoms with Crippen LogP contribution >= 0.6 is 0 Å². The summed E-state index contributed by atoms with van der Waals surface area (Å²) in [4.78, 5) is 0. The van der Waals surface area contributed by atoms with Gasteiger partial charge in [-0.3, -0.25) is 0 Å². The predicted molar refractivity (Wildman–Crippen MR) is 35.8 cm³/mol. The van der Waals surface area contributed by atoms with Crippen molar-refractivity contribution >= 4 is 0 Å². The molecule has 0 heterocycles. The molecule has 0 aromatic heterocycles. The molecule has 2 unspecified atom stereocenters. The van der Waals surface area contributed by atoms with E-state index in [1.165, 1.54) is 19.4 Å². The van der Waals surface area contributed by atoms with Gasteiger partial charge in [-0.2, -0.15) is 0 Å². The van der Waals surface area contributed by atoms with E-state index in [1.54, 1.807) is 0 Å². The van der Waals surface area contributed by atoms with Crippen LogP contribution in [0.3, 0.4) is 0 Å². The van der Waals surface area contributed by atoms with Crippen LogP contribution < -0.4 is 5.32 Å². The fraction of sp³-hybridized carbons (Fsp3) is 1.00. The van der Waals surface area contributed by atoms with Gasteiger partial charge in [-0.15, -0.1) is 0 Å². The Kier molecular flexibility index (Phi) is 1.90. The smallest absolute Gasteiger partial charge is 0.00208 e. The van der Waals surface area contributed by atoms with Gasteiger partial charge in [0.15, 0.2) is 0 Å². The van der Waals surface area contributed by atoms with E-state index in [0.29, 0.717) is 0 Å². The molecule has 0 aromatic carbocycles. The Balaban J connectivity index is 1.99. The lowest BCUT2D eigenvalue weighted by Crippen LogP contribution is -2.10. The minimum absolute atomic E-state index is 1.02. The maximum absolute atomic E-state index is 3.19. The zero-order valence-corrected chi connectivity index (χ0v) is 5.78. The highest BCUT2D eigenvalue weighted by Gasteiger charge is 2.33. The number of hydrogen-bond donors (Lipinski definition) is 1. The standard InChI is InChI=1S/C7H15N/c1-3-6-4-7(6)5-8-2/h6-8H,3-5H2,1-2H3. The number of rotatable bonds is 3. The highest BCUT2D eigenvalue weighted by Crippen LogP contribution is 2.39. The summed E-state index contributed by atoms with van der Waals surface area (Å²) < 4.78 is 0. The fourth-order valence-corrected chi connectivity index (χ4v) is 1.32. The molecular weight excluding hydrogens is 98.1 g/mol. The van der Waals surface area contributed by atoms with E-state index in [-0.39, 0.29) is 0 Å². The summed E-state index contributed by atoms with van der Waals surface area (Å²) in [5, 5.41) is 3.19. The van der Waals surface area contributed by atoms with Gasteiger partial charge in [0, 0.05) is 0 Å². The van der Waals surface area contributed by atoms with E-state index in [9.17, 15) is 0 Å². The Bertz CT molecular complexity index is 70.8. The third kappa shape index (κ3) is 1.22. The molecule has 8 heavy (non-hydrogen) atoms. The van der Waals surface area contributed by atoms with E-state index >= 15 is 0 Å². The van der Waals surface area contributed by atoms with Gasteiger partial charge in [0.1, 0.15) is 0 Å². The maximum atomic E-state index is 3.19. The van der Waals surface area contributed by atoms with Crippen molar-refractivity contribution in [3.63, 3.8) is 0 Å². The first-order chi connectivity index (χ1) is 3.88. The molecule has 48 valence electrons. The summed E-state index contributed by atoms with van der Waals surface area (Å²) in [6.07, 6.45) is 2.85. The van der Waals surface area contributed by atoms with Crippen molar-refractivity contribution in [2.24, 2.45) is 11.8 Å². The fourth-order valence-electron chi connectivity index (χ4n) is 1.32. The van der Waals surface area contributed by atoms with Crippen molar-refractivity contribution in [1.82, 2.24) is 5.32 Å². The van der Waals surface area contributed by atoms with Crippen LogP contribution in [0.25, 0.3) is 0 Å². The molecule has 1 aliphatic rings. The molecule has 0 aliphatic heterocycles. The third-order valence-electron chi connectivity index (χ3n) is 2.06. The molecule has 2 atom stereocenters. The molecule has 0 amide bonds. The minimum Gasteiger partial charge on any atom is -0.319 e. The molecule has 0 aromatic rings. The Hall–Kier alpha value is -0.0400. The Morgan fingerprint density at radius 1 is 1.50 bits per heavy atom. The van der Waals surface area contributed by atoms with Crippen LogP contribution in [0.5, 0.6) is 0 Å². The van der Waals surface area contributed by atoms with Crippen molar-refractivity contribution in [2.45, 2.75) is 19.8 Å². The van der Waals surface area contributed by atoms with Gasteiger partial charge in [0.25, 0.3) is 0 Å². The van der Waals surface area contributed by atoms with Crippen LogP contribution in [0.2, 0.25) is 0 Å². The lowest BCUT2D eigenvalue weighted by molar-refractivity contribution is 0.634. The van der Waals surface area contributed by atoms with Crippen molar-refractivity contribution in [2.75, 3.05) is 13.6 Å². The van der Waals surface area contributed by atoms with Crippen LogP contribution in [-0.2, 0) is 0 Å². The largest absolute Gasteiger partial charge is 0.319 e. The van der Waals surface area contributed by atoms with Crippen LogP contribution in [0.4, 0.5) is 0 Å². The van der Waals surface area contributed by atoms with Gasteiger partial charge < -0.3 is 5.32 Å². The molecule has 1 N–H and O–H groups in total. The molecule has 1 aliphatic carbocycles. The second kappa shape index (κ2) is 2.49. The highest BCUT2D eigenvalue weighted by atomic mass is 14.8. The van der Waals surface area contributed by atoms with Crippen LogP contribution in [0, 0.1) is 11.8 Å². The van der Waals surface area contributed by atoms with E-state index in [1.807, 2.05) is 7.05 Å². The Morgan fingerprint density at radius 2 is 2.25 bits per heavy atom. The van der Waals surface area contributed by atoms with Crippen LogP contribution in [0.15, 0.2) is 0 Å². The average Bonchev–Trinajstić information content (AvgIpc) is 2.48. The first-order valence-electron chi connectivity index (χ1n) is 3.53. The van der Waals surface area contributed by atoms with E-state index in [0.717, 1.165) is 11.8 Å². The summed E-state index contributed by atoms with van der Waals surface area (Å²) in [6, 6.07) is 0. The quantitative estimate of drug-likeness (QED) is 0.581. The Labute approximate surface area is 51.5 Å². The molecule has 0 spiro atoms. The summed E-state index contributed by atoms with van der Waals surface area (Å²) in [7, 11) is 2.03. The Morgan fingerprint density at radius 3 is 2.62 bits per heavy atom. The monoisotopic (exact) mass is 113 g/mol. The molecule has 1 saturated carbocycles. The third-order valence-corrected chi connectivity index (χ3v) is 2.06. The molecule has 0 radical (unpaired) electrons. The van der Waals surface area contributed by atoms with Gasteiger partial charge >= 0.3 is 0 Å². The van der Waals surface area contributed by atoms with Gasteiger partial charge in [-0.05, 0) is 31.8 Å². The maximum Gasteiger partial charge on any atom is -0.00208 e. The molecule has 0 bridgehead atoms. The molecule has 1 nitrogen and oxygen atoms in total. The van der Waals surface area contributed by atoms with Gasteiger partial charge in [-0.1, -0.05) is 13.3 Å². The lowest BCUT2D eigenvalue weighted by Gasteiger charge is -1.92. The summed E-state index contributed by atoms with van der Waals surface area (Å²) in [5.41, 5.74) is 0. The van der Waals surface area contributed by atoms with Crippen molar-refractivity contribution in [3.05, 3.63) is 0 Å². The molecule has 0 saturated heterocycles. The van der Waals surface area contributed by atoms with Crippen LogP contribution in [-0.4, -0.2) is 13.6 Å². The lowest BCUT2D eigenvalue weighted by atomic mass is 10.2. The molecule has 1 heteroatoms. The summed E-state index contributed by atoms with van der Waals surface area (Å²) in [5.74, 6) is 2.08. The zero-order valence-electron chi connectivity index (χ0n) is 5.78. The minimum atomic E-state index is 1.02. The van der Waals surface area contributed by atoms with E-state index in [2.05, 4.69) is 12.2 Å². The first kappa shape index (κ1) is 6.09. The molecule has 1 rings (SSSR count). The van der Waals surface area contributed by atoms with Crippen LogP contribution in [0.1, 0.15) is 19.8 Å².